The number of ether oxygens (including phenoxy) is 1. The molecule has 1 atom stereocenters. The molecule has 3 heterocycles. The number of amides is 1. The van der Waals surface area contributed by atoms with Crippen molar-refractivity contribution < 1.29 is 18.4 Å². The fourth-order valence-electron chi connectivity index (χ4n) is 3.55. The van der Waals surface area contributed by atoms with Crippen LogP contribution in [0, 0.1) is 6.92 Å². The highest BCUT2D eigenvalue weighted by molar-refractivity contribution is 5.96. The van der Waals surface area contributed by atoms with Gasteiger partial charge in [0.15, 0.2) is 0 Å². The predicted molar refractivity (Wildman–Crippen MR) is 103 cm³/mol. The third kappa shape index (κ3) is 3.70. The van der Waals surface area contributed by atoms with Crippen LogP contribution in [0.2, 0.25) is 0 Å². The lowest BCUT2D eigenvalue weighted by Gasteiger charge is -2.35. The topological polar surface area (TPSA) is 81.4 Å². The maximum Gasteiger partial charge on any atom is 0.266 e. The lowest BCUT2D eigenvalue weighted by molar-refractivity contribution is 0.0152. The van der Waals surface area contributed by atoms with Gasteiger partial charge in [-0.05, 0) is 55.7 Å². The van der Waals surface area contributed by atoms with Crippen LogP contribution in [0.5, 0.6) is 5.75 Å². The average molecular weight is 396 g/mol. The SMILES string of the molecule is COc1ccc(C(=O)N2CCCC(F)(c3nc(-c4cccnc4)no3)C2)c(C)c1. The third-order valence-corrected chi connectivity index (χ3v) is 5.12. The zero-order chi connectivity index (χ0) is 20.4. The lowest BCUT2D eigenvalue weighted by atomic mass is 9.93. The summed E-state index contributed by atoms with van der Waals surface area (Å²) in [6.45, 7) is 2.17. The molecule has 1 aliphatic heterocycles. The van der Waals surface area contributed by atoms with Gasteiger partial charge in [-0.2, -0.15) is 4.98 Å². The highest BCUT2D eigenvalue weighted by Crippen LogP contribution is 2.36. The summed E-state index contributed by atoms with van der Waals surface area (Å²) in [6, 6.07) is 8.74. The molecule has 0 aliphatic carbocycles. The Kier molecular flexibility index (Phi) is 5.00. The van der Waals surface area contributed by atoms with Crippen LogP contribution in [0.15, 0.2) is 47.2 Å². The smallest absolute Gasteiger partial charge is 0.266 e. The van der Waals surface area contributed by atoms with Crippen molar-refractivity contribution in [3.8, 4) is 17.1 Å². The van der Waals surface area contributed by atoms with Gasteiger partial charge >= 0.3 is 0 Å². The Hall–Kier alpha value is -3.29. The molecule has 7 nitrogen and oxygen atoms in total. The number of benzene rings is 1. The number of hydrogen-bond donors (Lipinski definition) is 0. The number of aromatic nitrogens is 3. The number of hydrogen-bond acceptors (Lipinski definition) is 6. The molecule has 1 saturated heterocycles. The molecule has 3 aromatic rings. The molecule has 1 fully saturated rings. The highest BCUT2D eigenvalue weighted by Gasteiger charge is 2.44. The maximum atomic E-state index is 15.8. The zero-order valence-corrected chi connectivity index (χ0v) is 16.3. The van der Waals surface area contributed by atoms with Gasteiger partial charge in [-0.15, -0.1) is 0 Å². The summed E-state index contributed by atoms with van der Waals surface area (Å²) < 4.78 is 26.2. The Balaban J connectivity index is 1.56. The van der Waals surface area contributed by atoms with Crippen molar-refractivity contribution in [2.45, 2.75) is 25.4 Å². The monoisotopic (exact) mass is 396 g/mol. The number of methoxy groups -OCH3 is 1. The van der Waals surface area contributed by atoms with Crippen molar-refractivity contribution >= 4 is 5.91 Å². The number of halogens is 1. The van der Waals surface area contributed by atoms with Gasteiger partial charge in [-0.3, -0.25) is 9.78 Å². The first-order valence-electron chi connectivity index (χ1n) is 9.37. The molecule has 1 unspecified atom stereocenters. The Morgan fingerprint density at radius 1 is 1.34 bits per heavy atom. The molecule has 1 aliphatic rings. The van der Waals surface area contributed by atoms with Crippen LogP contribution in [0.1, 0.15) is 34.7 Å². The Bertz CT molecular complexity index is 1020. The van der Waals surface area contributed by atoms with E-state index >= 15 is 4.39 Å². The number of alkyl halides is 1. The second-order valence-electron chi connectivity index (χ2n) is 7.14. The quantitative estimate of drug-likeness (QED) is 0.671. The summed E-state index contributed by atoms with van der Waals surface area (Å²) in [5.41, 5.74) is 0.0585. The van der Waals surface area contributed by atoms with Crippen LogP contribution < -0.4 is 4.74 Å². The molecule has 0 N–H and O–H groups in total. The normalized spacial score (nSPS) is 19.2. The fraction of sp³-hybridized carbons (Fsp3) is 0.333. The molecule has 1 aromatic carbocycles. The Morgan fingerprint density at radius 3 is 2.93 bits per heavy atom. The zero-order valence-electron chi connectivity index (χ0n) is 16.3. The summed E-state index contributed by atoms with van der Waals surface area (Å²) in [7, 11) is 1.57. The number of carbonyl (C=O) groups excluding carboxylic acids is 1. The first kappa shape index (κ1) is 19.0. The fourth-order valence-corrected chi connectivity index (χ4v) is 3.55. The summed E-state index contributed by atoms with van der Waals surface area (Å²) in [6.07, 6.45) is 3.94. The number of carbonyl (C=O) groups is 1. The third-order valence-electron chi connectivity index (χ3n) is 5.12. The summed E-state index contributed by atoms with van der Waals surface area (Å²) in [4.78, 5) is 22.8. The molecule has 0 bridgehead atoms. The van der Waals surface area contributed by atoms with Crippen LogP contribution in [-0.4, -0.2) is 46.1 Å². The second kappa shape index (κ2) is 7.62. The minimum absolute atomic E-state index is 0.111. The summed E-state index contributed by atoms with van der Waals surface area (Å²) >= 11 is 0. The standard InChI is InChI=1S/C21H21FN4O3/c1-14-11-16(28-2)6-7-17(14)19(27)26-10-4-8-21(22,13-26)20-24-18(25-29-20)15-5-3-9-23-12-15/h3,5-7,9,11-12H,4,8,10,13H2,1-2H3. The summed E-state index contributed by atoms with van der Waals surface area (Å²) in [5, 5.41) is 3.88. The Labute approximate surface area is 167 Å². The van der Waals surface area contributed by atoms with E-state index in [1.165, 1.54) is 4.90 Å². The van der Waals surface area contributed by atoms with E-state index in [0.717, 1.165) is 5.56 Å². The molecule has 29 heavy (non-hydrogen) atoms. The predicted octanol–water partition coefficient (Wildman–Crippen LogP) is 3.55. The van der Waals surface area contributed by atoms with E-state index in [-0.39, 0.29) is 30.6 Å². The van der Waals surface area contributed by atoms with E-state index in [2.05, 4.69) is 15.1 Å². The number of aryl methyl sites for hydroxylation is 1. The van der Waals surface area contributed by atoms with E-state index in [4.69, 9.17) is 9.26 Å². The van der Waals surface area contributed by atoms with Gasteiger partial charge in [-0.1, -0.05) is 5.16 Å². The van der Waals surface area contributed by atoms with Gasteiger partial charge in [0.1, 0.15) is 5.75 Å². The largest absolute Gasteiger partial charge is 0.497 e. The lowest BCUT2D eigenvalue weighted by Crippen LogP contribution is -2.46. The number of rotatable bonds is 4. The van der Waals surface area contributed by atoms with Crippen LogP contribution in [0.3, 0.4) is 0 Å². The first-order valence-corrected chi connectivity index (χ1v) is 9.37. The van der Waals surface area contributed by atoms with Crippen molar-refractivity contribution in [3.63, 3.8) is 0 Å². The van der Waals surface area contributed by atoms with Crippen LogP contribution in [-0.2, 0) is 5.67 Å². The molecule has 2 aromatic heterocycles. The van der Waals surface area contributed by atoms with Gasteiger partial charge in [0.25, 0.3) is 11.8 Å². The van der Waals surface area contributed by atoms with Crippen LogP contribution in [0.4, 0.5) is 4.39 Å². The molecule has 8 heteroatoms. The molecule has 4 rings (SSSR count). The van der Waals surface area contributed by atoms with E-state index < -0.39 is 5.67 Å². The van der Waals surface area contributed by atoms with Crippen molar-refractivity contribution in [3.05, 3.63) is 59.7 Å². The maximum absolute atomic E-state index is 15.8. The number of pyridine rings is 1. The first-order chi connectivity index (χ1) is 14.0. The average Bonchev–Trinajstić information content (AvgIpc) is 3.25. The van der Waals surface area contributed by atoms with Crippen molar-refractivity contribution in [2.75, 3.05) is 20.2 Å². The highest BCUT2D eigenvalue weighted by atomic mass is 19.1. The van der Waals surface area contributed by atoms with Gasteiger partial charge in [-0.25, -0.2) is 4.39 Å². The van der Waals surface area contributed by atoms with E-state index in [1.54, 1.807) is 49.8 Å². The summed E-state index contributed by atoms with van der Waals surface area (Å²) in [5.74, 6) is 0.616. The number of likely N-dealkylation sites (tertiary alicyclic amines) is 1. The molecular formula is C21H21FN4O3. The van der Waals surface area contributed by atoms with Crippen LogP contribution in [0.25, 0.3) is 11.4 Å². The van der Waals surface area contributed by atoms with Crippen molar-refractivity contribution in [2.24, 2.45) is 0 Å². The second-order valence-corrected chi connectivity index (χ2v) is 7.14. The molecule has 0 saturated carbocycles. The molecule has 0 radical (unpaired) electrons. The van der Waals surface area contributed by atoms with E-state index in [1.807, 2.05) is 6.92 Å². The Morgan fingerprint density at radius 2 is 2.21 bits per heavy atom. The minimum atomic E-state index is -1.89. The molecule has 1 amide bonds. The van der Waals surface area contributed by atoms with Gasteiger partial charge in [0.05, 0.1) is 13.7 Å². The molecule has 150 valence electrons. The molecule has 0 spiro atoms. The number of piperidine rings is 1. The van der Waals surface area contributed by atoms with Gasteiger partial charge in [0, 0.05) is 30.1 Å². The van der Waals surface area contributed by atoms with Crippen molar-refractivity contribution in [1.82, 2.24) is 20.0 Å². The van der Waals surface area contributed by atoms with Crippen molar-refractivity contribution in [1.29, 1.82) is 0 Å². The van der Waals surface area contributed by atoms with Gasteiger partial charge in [0.2, 0.25) is 11.5 Å². The minimum Gasteiger partial charge on any atom is -0.497 e. The number of nitrogens with zero attached hydrogens (tertiary/aromatic N) is 4. The molecular weight excluding hydrogens is 375 g/mol. The van der Waals surface area contributed by atoms with E-state index in [0.29, 0.717) is 29.8 Å². The van der Waals surface area contributed by atoms with E-state index in [9.17, 15) is 4.79 Å². The van der Waals surface area contributed by atoms with Crippen LogP contribution >= 0.6 is 0 Å². The van der Waals surface area contributed by atoms with Gasteiger partial charge < -0.3 is 14.2 Å².